The highest BCUT2D eigenvalue weighted by molar-refractivity contribution is 5.14. The van der Waals surface area contributed by atoms with Crippen molar-refractivity contribution in [3.05, 3.63) is 35.9 Å². The lowest BCUT2D eigenvalue weighted by atomic mass is 9.85. The molecule has 1 heterocycles. The van der Waals surface area contributed by atoms with Gasteiger partial charge in [0, 0.05) is 12.5 Å². The van der Waals surface area contributed by atoms with Crippen molar-refractivity contribution in [3.8, 4) is 0 Å². The minimum Gasteiger partial charge on any atom is -0.390 e. The summed E-state index contributed by atoms with van der Waals surface area (Å²) in [5.74, 6) is 0.497. The van der Waals surface area contributed by atoms with Gasteiger partial charge in [0.1, 0.15) is 0 Å². The van der Waals surface area contributed by atoms with E-state index in [0.29, 0.717) is 5.92 Å². The first-order valence-corrected chi connectivity index (χ1v) is 9.75. The Hall–Kier alpha value is -0.860. The molecule has 128 valence electrons. The van der Waals surface area contributed by atoms with Gasteiger partial charge in [-0.1, -0.05) is 49.6 Å². The fourth-order valence-electron chi connectivity index (χ4n) is 4.59. The maximum absolute atomic E-state index is 11.2. The molecule has 0 amide bonds. The van der Waals surface area contributed by atoms with Crippen LogP contribution >= 0.6 is 0 Å². The third kappa shape index (κ3) is 4.81. The molecule has 2 atom stereocenters. The molecule has 2 nitrogen and oxygen atoms in total. The van der Waals surface area contributed by atoms with Crippen molar-refractivity contribution in [3.63, 3.8) is 0 Å². The Morgan fingerprint density at radius 3 is 2.48 bits per heavy atom. The molecule has 1 aliphatic carbocycles. The second-order valence-corrected chi connectivity index (χ2v) is 7.75. The van der Waals surface area contributed by atoms with Gasteiger partial charge < -0.3 is 10.0 Å². The molecule has 2 fully saturated rings. The van der Waals surface area contributed by atoms with Crippen molar-refractivity contribution < 1.29 is 5.11 Å². The summed E-state index contributed by atoms with van der Waals surface area (Å²) in [5.41, 5.74) is 0.999. The number of hydrogen-bond acceptors (Lipinski definition) is 2. The normalized spacial score (nSPS) is 29.5. The van der Waals surface area contributed by atoms with Crippen LogP contribution in [0.1, 0.15) is 63.4 Å². The van der Waals surface area contributed by atoms with E-state index in [0.717, 1.165) is 32.2 Å². The highest BCUT2D eigenvalue weighted by Gasteiger charge is 2.41. The largest absolute Gasteiger partial charge is 0.390 e. The van der Waals surface area contributed by atoms with Crippen molar-refractivity contribution in [1.82, 2.24) is 4.90 Å². The summed E-state index contributed by atoms with van der Waals surface area (Å²) in [6, 6.07) is 10.7. The number of nitrogens with zero attached hydrogens (tertiary/aromatic N) is 1. The monoisotopic (exact) mass is 315 g/mol. The van der Waals surface area contributed by atoms with Crippen molar-refractivity contribution in [2.24, 2.45) is 5.92 Å². The predicted molar refractivity (Wildman–Crippen MR) is 96.6 cm³/mol. The highest BCUT2D eigenvalue weighted by atomic mass is 16.3. The smallest absolute Gasteiger partial charge is 0.0688 e. The zero-order chi connectivity index (χ0) is 16.0. The summed E-state index contributed by atoms with van der Waals surface area (Å²) in [7, 11) is 0. The number of aliphatic hydroxyl groups is 1. The van der Waals surface area contributed by atoms with E-state index in [4.69, 9.17) is 0 Å². The maximum atomic E-state index is 11.2. The lowest BCUT2D eigenvalue weighted by molar-refractivity contribution is -0.0192. The second-order valence-electron chi connectivity index (χ2n) is 7.75. The van der Waals surface area contributed by atoms with Crippen LogP contribution in [-0.2, 0) is 6.42 Å². The third-order valence-electron chi connectivity index (χ3n) is 6.02. The van der Waals surface area contributed by atoms with Gasteiger partial charge in [-0.3, -0.25) is 0 Å². The van der Waals surface area contributed by atoms with Crippen LogP contribution in [0.15, 0.2) is 30.3 Å². The summed E-state index contributed by atoms with van der Waals surface area (Å²) in [6.07, 6.45) is 12.1. The number of rotatable bonds is 6. The van der Waals surface area contributed by atoms with Crippen LogP contribution in [0.3, 0.4) is 0 Å². The van der Waals surface area contributed by atoms with Gasteiger partial charge in [0.05, 0.1) is 5.60 Å². The SMILES string of the molecule is OC1(CCCc2ccccc2)CCCC1CN1CCCCCC1. The summed E-state index contributed by atoms with van der Waals surface area (Å²) >= 11 is 0. The van der Waals surface area contributed by atoms with E-state index in [9.17, 15) is 5.11 Å². The van der Waals surface area contributed by atoms with Gasteiger partial charge >= 0.3 is 0 Å². The van der Waals surface area contributed by atoms with Gasteiger partial charge in [-0.2, -0.15) is 0 Å². The molecule has 23 heavy (non-hydrogen) atoms. The lowest BCUT2D eigenvalue weighted by Crippen LogP contribution is -2.41. The van der Waals surface area contributed by atoms with Crippen LogP contribution in [-0.4, -0.2) is 35.2 Å². The average Bonchev–Trinajstić information content (AvgIpc) is 2.76. The van der Waals surface area contributed by atoms with Gasteiger partial charge in [0.2, 0.25) is 0 Å². The fraction of sp³-hybridized carbons (Fsp3) is 0.714. The molecule has 1 saturated carbocycles. The van der Waals surface area contributed by atoms with E-state index < -0.39 is 5.60 Å². The number of hydrogen-bond donors (Lipinski definition) is 1. The molecular weight excluding hydrogens is 282 g/mol. The average molecular weight is 316 g/mol. The van der Waals surface area contributed by atoms with E-state index in [1.54, 1.807) is 0 Å². The van der Waals surface area contributed by atoms with Gasteiger partial charge in [-0.05, 0) is 63.6 Å². The van der Waals surface area contributed by atoms with Crippen molar-refractivity contribution in [2.75, 3.05) is 19.6 Å². The second kappa shape index (κ2) is 8.30. The zero-order valence-electron chi connectivity index (χ0n) is 14.6. The van der Waals surface area contributed by atoms with E-state index in [1.165, 1.54) is 57.2 Å². The van der Waals surface area contributed by atoms with Gasteiger partial charge in [-0.15, -0.1) is 0 Å². The first kappa shape index (κ1) is 17.0. The molecule has 1 aromatic rings. The first-order valence-electron chi connectivity index (χ1n) is 9.75. The van der Waals surface area contributed by atoms with Crippen molar-refractivity contribution in [2.45, 2.75) is 69.8 Å². The molecule has 0 radical (unpaired) electrons. The molecular formula is C21H33NO. The third-order valence-corrected chi connectivity index (χ3v) is 6.02. The molecule has 1 N–H and O–H groups in total. The number of benzene rings is 1. The molecule has 2 aliphatic rings. The Morgan fingerprint density at radius 1 is 1.00 bits per heavy atom. The Bertz CT molecular complexity index is 452. The molecule has 0 bridgehead atoms. The maximum Gasteiger partial charge on any atom is 0.0688 e. The molecule has 0 aromatic heterocycles. The molecule has 2 heteroatoms. The topological polar surface area (TPSA) is 23.5 Å². The first-order chi connectivity index (χ1) is 11.3. The van der Waals surface area contributed by atoms with Crippen LogP contribution < -0.4 is 0 Å². The van der Waals surface area contributed by atoms with E-state index in [1.807, 2.05) is 0 Å². The standard InChI is InChI=1S/C21H33NO/c23-21(14-8-12-19-10-4-3-5-11-19)15-9-13-20(21)18-22-16-6-1-2-7-17-22/h3-5,10-11,20,23H,1-2,6-9,12-18H2. The predicted octanol–water partition coefficient (Wildman–Crippen LogP) is 4.42. The molecule has 1 aromatic carbocycles. The van der Waals surface area contributed by atoms with Crippen LogP contribution in [0, 0.1) is 5.92 Å². The van der Waals surface area contributed by atoms with Crippen molar-refractivity contribution in [1.29, 1.82) is 0 Å². The highest BCUT2D eigenvalue weighted by Crippen LogP contribution is 2.40. The van der Waals surface area contributed by atoms with Gasteiger partial charge in [-0.25, -0.2) is 0 Å². The summed E-state index contributed by atoms with van der Waals surface area (Å²) in [6.45, 7) is 3.62. The van der Waals surface area contributed by atoms with E-state index in [2.05, 4.69) is 35.2 Å². The van der Waals surface area contributed by atoms with E-state index >= 15 is 0 Å². The van der Waals surface area contributed by atoms with Crippen molar-refractivity contribution >= 4 is 0 Å². The number of likely N-dealkylation sites (tertiary alicyclic amines) is 1. The van der Waals surface area contributed by atoms with Crippen LogP contribution in [0.4, 0.5) is 0 Å². The number of aryl methyl sites for hydroxylation is 1. The molecule has 0 spiro atoms. The zero-order valence-corrected chi connectivity index (χ0v) is 14.6. The Kier molecular flexibility index (Phi) is 6.13. The van der Waals surface area contributed by atoms with Crippen LogP contribution in [0.2, 0.25) is 0 Å². The summed E-state index contributed by atoms with van der Waals surface area (Å²) in [5, 5.41) is 11.2. The molecule has 1 aliphatic heterocycles. The lowest BCUT2D eigenvalue weighted by Gasteiger charge is -2.34. The molecule has 3 rings (SSSR count). The summed E-state index contributed by atoms with van der Waals surface area (Å²) in [4.78, 5) is 2.63. The minimum atomic E-state index is -0.402. The fourth-order valence-corrected chi connectivity index (χ4v) is 4.59. The molecule has 1 saturated heterocycles. The Labute approximate surface area is 141 Å². The quantitative estimate of drug-likeness (QED) is 0.840. The minimum absolute atomic E-state index is 0.402. The molecule has 2 unspecified atom stereocenters. The van der Waals surface area contributed by atoms with Gasteiger partial charge in [0.25, 0.3) is 0 Å². The Morgan fingerprint density at radius 2 is 1.74 bits per heavy atom. The van der Waals surface area contributed by atoms with E-state index in [-0.39, 0.29) is 0 Å². The Balaban J connectivity index is 1.49. The van der Waals surface area contributed by atoms with Crippen LogP contribution in [0.25, 0.3) is 0 Å². The van der Waals surface area contributed by atoms with Crippen LogP contribution in [0.5, 0.6) is 0 Å². The summed E-state index contributed by atoms with van der Waals surface area (Å²) < 4.78 is 0. The van der Waals surface area contributed by atoms with Gasteiger partial charge in [0.15, 0.2) is 0 Å².